The molecular weight excluding hydrogens is 296 g/mol. The van der Waals surface area contributed by atoms with Gasteiger partial charge in [0.15, 0.2) is 5.13 Å². The highest BCUT2D eigenvalue weighted by atomic mass is 32.2. The summed E-state index contributed by atoms with van der Waals surface area (Å²) in [7, 11) is -3.84. The fourth-order valence-corrected chi connectivity index (χ4v) is 3.97. The van der Waals surface area contributed by atoms with Gasteiger partial charge >= 0.3 is 0 Å². The lowest BCUT2D eigenvalue weighted by Crippen LogP contribution is -2.12. The molecular formula is C13H10N2O3S2. The summed E-state index contributed by atoms with van der Waals surface area (Å²) in [5, 5.41) is 9.90. The lowest BCUT2D eigenvalue weighted by molar-refractivity contribution is 0.459. The standard InChI is InChI=1S/C13H10N2O3S2/c16-10-6-2-4-8-12(10)20(17,18)15-13-14-9-5-1-3-7-11(9)19-13/h1-8,16H,(H,14,15). The van der Waals surface area contributed by atoms with Crippen LogP contribution in [0.25, 0.3) is 10.2 Å². The van der Waals surface area contributed by atoms with E-state index in [4.69, 9.17) is 0 Å². The fraction of sp³-hybridized carbons (Fsp3) is 0. The van der Waals surface area contributed by atoms with Crippen molar-refractivity contribution < 1.29 is 13.5 Å². The Balaban J connectivity index is 1.99. The molecule has 0 saturated heterocycles. The summed E-state index contributed by atoms with van der Waals surface area (Å²) in [6.07, 6.45) is 0. The van der Waals surface area contributed by atoms with Crippen molar-refractivity contribution >= 4 is 36.7 Å². The zero-order chi connectivity index (χ0) is 14.2. The number of hydrogen-bond acceptors (Lipinski definition) is 5. The summed E-state index contributed by atoms with van der Waals surface area (Å²) >= 11 is 1.24. The number of anilines is 1. The number of thiazole rings is 1. The van der Waals surface area contributed by atoms with E-state index in [0.717, 1.165) is 10.2 Å². The van der Waals surface area contributed by atoms with Gasteiger partial charge in [-0.15, -0.1) is 0 Å². The van der Waals surface area contributed by atoms with Crippen LogP contribution in [-0.4, -0.2) is 18.5 Å². The molecule has 0 fully saturated rings. The second-order valence-electron chi connectivity index (χ2n) is 4.06. The van der Waals surface area contributed by atoms with Gasteiger partial charge in [0, 0.05) is 0 Å². The topological polar surface area (TPSA) is 79.3 Å². The molecule has 0 radical (unpaired) electrons. The number of hydrogen-bond donors (Lipinski definition) is 2. The van der Waals surface area contributed by atoms with Crippen molar-refractivity contribution in [2.75, 3.05) is 4.72 Å². The Morgan fingerprint density at radius 1 is 1.05 bits per heavy atom. The number of nitrogens with one attached hydrogen (secondary N) is 1. The number of benzene rings is 2. The molecule has 0 amide bonds. The van der Waals surface area contributed by atoms with Crippen molar-refractivity contribution in [3.8, 4) is 5.75 Å². The van der Waals surface area contributed by atoms with Crippen LogP contribution >= 0.6 is 11.3 Å². The van der Waals surface area contributed by atoms with Gasteiger partial charge in [-0.2, -0.15) is 0 Å². The molecule has 0 unspecified atom stereocenters. The van der Waals surface area contributed by atoms with Gasteiger partial charge < -0.3 is 5.11 Å². The van der Waals surface area contributed by atoms with Crippen molar-refractivity contribution in [1.29, 1.82) is 0 Å². The van der Waals surface area contributed by atoms with Crippen molar-refractivity contribution in [2.45, 2.75) is 4.90 Å². The van der Waals surface area contributed by atoms with Gasteiger partial charge in [0.1, 0.15) is 10.6 Å². The van der Waals surface area contributed by atoms with Crippen molar-refractivity contribution in [3.05, 3.63) is 48.5 Å². The van der Waals surface area contributed by atoms with E-state index in [1.807, 2.05) is 24.3 Å². The van der Waals surface area contributed by atoms with Crippen LogP contribution in [0.5, 0.6) is 5.75 Å². The quantitative estimate of drug-likeness (QED) is 0.780. The van der Waals surface area contributed by atoms with E-state index in [1.54, 1.807) is 12.1 Å². The highest BCUT2D eigenvalue weighted by molar-refractivity contribution is 7.93. The van der Waals surface area contributed by atoms with E-state index in [2.05, 4.69) is 9.71 Å². The first kappa shape index (κ1) is 12.9. The van der Waals surface area contributed by atoms with E-state index in [9.17, 15) is 13.5 Å². The molecule has 102 valence electrons. The van der Waals surface area contributed by atoms with Gasteiger partial charge in [0.05, 0.1) is 10.2 Å². The highest BCUT2D eigenvalue weighted by Gasteiger charge is 2.19. The maximum atomic E-state index is 12.2. The number of aromatic hydroxyl groups is 1. The van der Waals surface area contributed by atoms with Gasteiger partial charge in [-0.05, 0) is 24.3 Å². The van der Waals surface area contributed by atoms with Crippen LogP contribution in [0.2, 0.25) is 0 Å². The minimum absolute atomic E-state index is 0.167. The molecule has 3 aromatic rings. The zero-order valence-corrected chi connectivity index (χ0v) is 11.8. The molecule has 0 aliphatic heterocycles. The molecule has 0 atom stereocenters. The second kappa shape index (κ2) is 4.77. The van der Waals surface area contributed by atoms with Crippen LogP contribution in [0.15, 0.2) is 53.4 Å². The first-order valence-electron chi connectivity index (χ1n) is 5.73. The van der Waals surface area contributed by atoms with E-state index < -0.39 is 10.0 Å². The van der Waals surface area contributed by atoms with Crippen molar-refractivity contribution in [2.24, 2.45) is 0 Å². The Kier molecular flexibility index (Phi) is 3.07. The predicted octanol–water partition coefficient (Wildman–Crippen LogP) is 2.80. The van der Waals surface area contributed by atoms with Crippen LogP contribution in [0.3, 0.4) is 0 Å². The molecule has 2 N–H and O–H groups in total. The van der Waals surface area contributed by atoms with Gasteiger partial charge in [0.2, 0.25) is 0 Å². The van der Waals surface area contributed by atoms with Gasteiger partial charge in [-0.3, -0.25) is 4.72 Å². The van der Waals surface area contributed by atoms with E-state index in [0.29, 0.717) is 0 Å². The third-order valence-electron chi connectivity index (χ3n) is 2.67. The molecule has 1 aromatic heterocycles. The molecule has 0 aliphatic carbocycles. The number of aromatic nitrogens is 1. The summed E-state index contributed by atoms with van der Waals surface area (Å²) in [6, 6.07) is 13.1. The number of fused-ring (bicyclic) bond motifs is 1. The Hall–Kier alpha value is -2.12. The maximum absolute atomic E-state index is 12.2. The summed E-state index contributed by atoms with van der Waals surface area (Å²) in [5.74, 6) is -0.291. The number of sulfonamides is 1. The van der Waals surface area contributed by atoms with Crippen molar-refractivity contribution in [3.63, 3.8) is 0 Å². The predicted molar refractivity (Wildman–Crippen MR) is 78.5 cm³/mol. The average molecular weight is 306 g/mol. The molecule has 1 heterocycles. The molecule has 2 aromatic carbocycles. The number of para-hydroxylation sites is 2. The number of phenolic OH excluding ortho intramolecular Hbond substituents is 1. The highest BCUT2D eigenvalue weighted by Crippen LogP contribution is 2.29. The fourth-order valence-electron chi connectivity index (χ4n) is 1.77. The Morgan fingerprint density at radius 3 is 2.50 bits per heavy atom. The zero-order valence-electron chi connectivity index (χ0n) is 10.1. The van der Waals surface area contributed by atoms with Gasteiger partial charge in [-0.25, -0.2) is 13.4 Å². The first-order valence-corrected chi connectivity index (χ1v) is 8.03. The SMILES string of the molecule is O=S(=O)(Nc1nc2ccccc2s1)c1ccccc1O. The minimum atomic E-state index is -3.84. The number of phenols is 1. The largest absolute Gasteiger partial charge is 0.507 e. The molecule has 0 aliphatic rings. The minimum Gasteiger partial charge on any atom is -0.507 e. The molecule has 0 bridgehead atoms. The van der Waals surface area contributed by atoms with Crippen LogP contribution in [0, 0.1) is 0 Å². The summed E-state index contributed by atoms with van der Waals surface area (Å²) in [4.78, 5) is 4.03. The normalized spacial score (nSPS) is 11.6. The monoisotopic (exact) mass is 306 g/mol. The van der Waals surface area contributed by atoms with Crippen LogP contribution in [-0.2, 0) is 10.0 Å². The Morgan fingerprint density at radius 2 is 1.75 bits per heavy atom. The second-order valence-corrected chi connectivity index (χ2v) is 6.74. The van der Waals surface area contributed by atoms with Crippen LogP contribution in [0.4, 0.5) is 5.13 Å². The van der Waals surface area contributed by atoms with E-state index in [1.165, 1.54) is 23.5 Å². The van der Waals surface area contributed by atoms with E-state index >= 15 is 0 Å². The number of nitrogens with zero attached hydrogens (tertiary/aromatic N) is 1. The molecule has 0 saturated carbocycles. The van der Waals surface area contributed by atoms with Crippen molar-refractivity contribution in [1.82, 2.24) is 4.98 Å². The van der Waals surface area contributed by atoms with Gasteiger partial charge in [0.25, 0.3) is 10.0 Å². The molecule has 20 heavy (non-hydrogen) atoms. The third kappa shape index (κ3) is 2.33. The lowest BCUT2D eigenvalue weighted by Gasteiger charge is -2.06. The number of rotatable bonds is 3. The summed E-state index contributed by atoms with van der Waals surface area (Å²) < 4.78 is 27.7. The van der Waals surface area contributed by atoms with Gasteiger partial charge in [-0.1, -0.05) is 35.6 Å². The Bertz CT molecular complexity index is 839. The Labute approximate surface area is 119 Å². The van der Waals surface area contributed by atoms with Crippen LogP contribution in [0.1, 0.15) is 0 Å². The van der Waals surface area contributed by atoms with Crippen LogP contribution < -0.4 is 4.72 Å². The first-order chi connectivity index (χ1) is 9.56. The molecule has 7 heteroatoms. The average Bonchev–Trinajstić information content (AvgIpc) is 2.80. The summed E-state index contributed by atoms with van der Waals surface area (Å²) in [6.45, 7) is 0. The molecule has 0 spiro atoms. The molecule has 3 rings (SSSR count). The third-order valence-corrected chi connectivity index (χ3v) is 5.14. The lowest BCUT2D eigenvalue weighted by atomic mass is 10.3. The maximum Gasteiger partial charge on any atom is 0.267 e. The van der Waals surface area contributed by atoms with E-state index in [-0.39, 0.29) is 15.8 Å². The smallest absolute Gasteiger partial charge is 0.267 e. The molecule has 5 nitrogen and oxygen atoms in total. The summed E-state index contributed by atoms with van der Waals surface area (Å²) in [5.41, 5.74) is 0.729.